The fourth-order valence-electron chi connectivity index (χ4n) is 3.99. The van der Waals surface area contributed by atoms with Gasteiger partial charge in [-0.2, -0.15) is 9.40 Å². The number of nitrogens with zero attached hydrogens (tertiary/aromatic N) is 3. The van der Waals surface area contributed by atoms with E-state index in [0.717, 1.165) is 24.8 Å². The van der Waals surface area contributed by atoms with Crippen molar-refractivity contribution < 1.29 is 17.9 Å². The number of benzene rings is 2. The number of ether oxygens (including phenoxy) is 1. The lowest BCUT2D eigenvalue weighted by atomic mass is 10.1. The van der Waals surface area contributed by atoms with E-state index in [9.17, 15) is 13.2 Å². The predicted molar refractivity (Wildman–Crippen MR) is 125 cm³/mol. The molecule has 4 rings (SSSR count). The number of H-pyrrole nitrogens is 1. The Balaban J connectivity index is 1.62. The molecule has 1 aromatic heterocycles. The summed E-state index contributed by atoms with van der Waals surface area (Å²) in [6.45, 7) is 4.17. The number of carbonyl (C=O) groups excluding carboxylic acids is 1. The summed E-state index contributed by atoms with van der Waals surface area (Å²) in [5.41, 5.74) is 1.51. The monoisotopic (exact) mass is 469 g/mol. The van der Waals surface area contributed by atoms with Crippen LogP contribution in [0.15, 0.2) is 47.4 Å². The highest BCUT2D eigenvalue weighted by molar-refractivity contribution is 7.89. The van der Waals surface area contributed by atoms with E-state index in [1.807, 2.05) is 19.9 Å². The van der Waals surface area contributed by atoms with Gasteiger partial charge in [0.1, 0.15) is 16.5 Å². The van der Waals surface area contributed by atoms with Gasteiger partial charge < -0.3 is 10.1 Å². The Bertz CT molecular complexity index is 1270. The third-order valence-corrected chi connectivity index (χ3v) is 7.77. The number of carbonyl (C=O) groups is 1. The summed E-state index contributed by atoms with van der Waals surface area (Å²) in [6, 6.07) is 11.5. The molecule has 3 aromatic rings. The third kappa shape index (κ3) is 4.76. The second-order valence-electron chi connectivity index (χ2n) is 8.11. The molecule has 10 heteroatoms. The van der Waals surface area contributed by atoms with Gasteiger partial charge in [-0.3, -0.25) is 9.89 Å². The van der Waals surface area contributed by atoms with Crippen LogP contribution in [0.25, 0.3) is 11.4 Å². The molecule has 0 radical (unpaired) electrons. The summed E-state index contributed by atoms with van der Waals surface area (Å²) in [5, 5.41) is 9.76. The Morgan fingerprint density at radius 1 is 1.21 bits per heavy atom. The van der Waals surface area contributed by atoms with Crippen LogP contribution in [-0.4, -0.2) is 53.5 Å². The molecule has 2 heterocycles. The van der Waals surface area contributed by atoms with Gasteiger partial charge in [-0.15, -0.1) is 0 Å². The summed E-state index contributed by atoms with van der Waals surface area (Å²) < 4.78 is 33.6. The van der Waals surface area contributed by atoms with Crippen LogP contribution in [-0.2, 0) is 10.0 Å². The van der Waals surface area contributed by atoms with Gasteiger partial charge in [0.15, 0.2) is 5.82 Å². The summed E-state index contributed by atoms with van der Waals surface area (Å²) in [7, 11) is -2.39. The maximum absolute atomic E-state index is 13.4. The van der Waals surface area contributed by atoms with Crippen LogP contribution in [0.5, 0.6) is 5.75 Å². The minimum Gasteiger partial charge on any atom is -0.495 e. The Hall–Kier alpha value is -3.24. The number of piperidine rings is 1. The SMILES string of the molecule is COc1ccc(C(=O)Nc2cccc(-c3n[nH]c(C)n3)c2)cc1S(=O)(=O)N1CCCCC1C. The van der Waals surface area contributed by atoms with Gasteiger partial charge in [0.2, 0.25) is 10.0 Å². The number of hydrogen-bond donors (Lipinski definition) is 2. The molecule has 0 aliphatic carbocycles. The number of methoxy groups -OCH3 is 1. The molecule has 1 saturated heterocycles. The lowest BCUT2D eigenvalue weighted by molar-refractivity contribution is 0.102. The zero-order valence-electron chi connectivity index (χ0n) is 18.8. The molecule has 1 atom stereocenters. The molecular formula is C23H27N5O4S. The smallest absolute Gasteiger partial charge is 0.255 e. The van der Waals surface area contributed by atoms with Gasteiger partial charge in [0.25, 0.3) is 5.91 Å². The fraction of sp³-hybridized carbons (Fsp3) is 0.348. The quantitative estimate of drug-likeness (QED) is 0.570. The molecule has 0 bridgehead atoms. The van der Waals surface area contributed by atoms with Crippen LogP contribution in [0.4, 0.5) is 5.69 Å². The zero-order chi connectivity index (χ0) is 23.6. The van der Waals surface area contributed by atoms with Gasteiger partial charge >= 0.3 is 0 Å². The van der Waals surface area contributed by atoms with Crippen molar-refractivity contribution in [2.75, 3.05) is 19.0 Å². The number of aromatic nitrogens is 3. The second kappa shape index (κ2) is 9.32. The first-order chi connectivity index (χ1) is 15.8. The minimum atomic E-state index is -3.81. The first-order valence-corrected chi connectivity index (χ1v) is 12.2. The molecule has 1 amide bonds. The molecule has 1 fully saturated rings. The number of anilines is 1. The number of aryl methyl sites for hydroxylation is 1. The standard InChI is InChI=1S/C23H27N5O4S/c1-15-7-4-5-12-28(15)33(30,31)21-14-18(10-11-20(21)32-3)23(29)25-19-9-6-8-17(13-19)22-24-16(2)26-27-22/h6,8-11,13-15H,4-5,7,12H2,1-3H3,(H,25,29)(H,24,26,27). The summed E-state index contributed by atoms with van der Waals surface area (Å²) >= 11 is 0. The molecule has 174 valence electrons. The maximum Gasteiger partial charge on any atom is 0.255 e. The fourth-order valence-corrected chi connectivity index (χ4v) is 5.87. The van der Waals surface area contributed by atoms with Crippen LogP contribution in [0, 0.1) is 6.92 Å². The van der Waals surface area contributed by atoms with Gasteiger partial charge in [0.05, 0.1) is 7.11 Å². The zero-order valence-corrected chi connectivity index (χ0v) is 19.6. The van der Waals surface area contributed by atoms with E-state index in [2.05, 4.69) is 20.5 Å². The molecule has 1 aliphatic rings. The number of nitrogens with one attached hydrogen (secondary N) is 2. The van der Waals surface area contributed by atoms with Gasteiger partial charge in [-0.05, 0) is 57.0 Å². The third-order valence-electron chi connectivity index (χ3n) is 5.73. The molecule has 2 N–H and O–H groups in total. The second-order valence-corrected chi connectivity index (χ2v) is 9.96. The number of amides is 1. The van der Waals surface area contributed by atoms with Crippen LogP contribution < -0.4 is 10.1 Å². The summed E-state index contributed by atoms with van der Waals surface area (Å²) in [4.78, 5) is 17.3. The Morgan fingerprint density at radius 2 is 2.03 bits per heavy atom. The Labute approximate surface area is 193 Å². The van der Waals surface area contributed by atoms with E-state index in [1.54, 1.807) is 24.3 Å². The van der Waals surface area contributed by atoms with Crippen molar-refractivity contribution in [2.45, 2.75) is 44.0 Å². The van der Waals surface area contributed by atoms with Crippen LogP contribution >= 0.6 is 0 Å². The Morgan fingerprint density at radius 3 is 2.73 bits per heavy atom. The van der Waals surface area contributed by atoms with E-state index in [1.165, 1.54) is 23.5 Å². The van der Waals surface area contributed by atoms with Crippen molar-refractivity contribution >= 4 is 21.6 Å². The highest BCUT2D eigenvalue weighted by Gasteiger charge is 2.33. The predicted octanol–water partition coefficient (Wildman–Crippen LogP) is 3.60. The van der Waals surface area contributed by atoms with Crippen molar-refractivity contribution in [3.05, 3.63) is 53.9 Å². The average molecular weight is 470 g/mol. The van der Waals surface area contributed by atoms with Gasteiger partial charge in [0, 0.05) is 29.4 Å². The van der Waals surface area contributed by atoms with E-state index < -0.39 is 15.9 Å². The topological polar surface area (TPSA) is 117 Å². The first-order valence-electron chi connectivity index (χ1n) is 10.8. The average Bonchev–Trinajstić information content (AvgIpc) is 3.25. The van der Waals surface area contributed by atoms with E-state index in [-0.39, 0.29) is 22.3 Å². The van der Waals surface area contributed by atoms with Gasteiger partial charge in [-0.1, -0.05) is 18.6 Å². The van der Waals surface area contributed by atoms with Crippen molar-refractivity contribution in [1.29, 1.82) is 0 Å². The van der Waals surface area contributed by atoms with Gasteiger partial charge in [-0.25, -0.2) is 13.4 Å². The number of rotatable bonds is 6. The number of hydrogen-bond acceptors (Lipinski definition) is 6. The lowest BCUT2D eigenvalue weighted by Crippen LogP contribution is -2.42. The van der Waals surface area contributed by atoms with Crippen LogP contribution in [0.1, 0.15) is 42.4 Å². The molecule has 1 unspecified atom stereocenters. The number of aromatic amines is 1. The van der Waals surface area contributed by atoms with Crippen molar-refractivity contribution in [1.82, 2.24) is 19.5 Å². The van der Waals surface area contributed by atoms with Crippen LogP contribution in [0.2, 0.25) is 0 Å². The molecule has 0 saturated carbocycles. The normalized spacial score (nSPS) is 17.0. The molecule has 2 aromatic carbocycles. The molecule has 0 spiro atoms. The van der Waals surface area contributed by atoms with E-state index in [0.29, 0.717) is 23.9 Å². The molecule has 1 aliphatic heterocycles. The molecule has 9 nitrogen and oxygen atoms in total. The summed E-state index contributed by atoms with van der Waals surface area (Å²) in [6.07, 6.45) is 2.62. The summed E-state index contributed by atoms with van der Waals surface area (Å²) in [5.74, 6) is 1.00. The van der Waals surface area contributed by atoms with Crippen molar-refractivity contribution in [2.24, 2.45) is 0 Å². The minimum absolute atomic E-state index is 0.00338. The largest absolute Gasteiger partial charge is 0.495 e. The highest BCUT2D eigenvalue weighted by Crippen LogP contribution is 2.32. The number of sulfonamides is 1. The highest BCUT2D eigenvalue weighted by atomic mass is 32.2. The van der Waals surface area contributed by atoms with Crippen LogP contribution in [0.3, 0.4) is 0 Å². The first kappa shape index (κ1) is 22.9. The van der Waals surface area contributed by atoms with Crippen molar-refractivity contribution in [3.8, 4) is 17.1 Å². The molecular weight excluding hydrogens is 442 g/mol. The van der Waals surface area contributed by atoms with Crippen molar-refractivity contribution in [3.63, 3.8) is 0 Å². The maximum atomic E-state index is 13.4. The Kier molecular flexibility index (Phi) is 6.48. The molecule has 33 heavy (non-hydrogen) atoms. The van der Waals surface area contributed by atoms with E-state index in [4.69, 9.17) is 4.74 Å². The lowest BCUT2D eigenvalue weighted by Gasteiger charge is -2.32. The van der Waals surface area contributed by atoms with E-state index >= 15 is 0 Å².